The third-order valence-corrected chi connectivity index (χ3v) is 5.07. The van der Waals surface area contributed by atoms with Gasteiger partial charge in [0.05, 0.1) is 12.6 Å². The zero-order valence-corrected chi connectivity index (χ0v) is 12.1. The van der Waals surface area contributed by atoms with Gasteiger partial charge in [0.15, 0.2) is 0 Å². The first-order valence-electron chi connectivity index (χ1n) is 6.57. The highest BCUT2D eigenvalue weighted by Gasteiger charge is 2.28. The van der Waals surface area contributed by atoms with Gasteiger partial charge >= 0.3 is 0 Å². The number of fused-ring (bicyclic) bond motifs is 1. The molecular formula is C13H20N2O3S. The van der Waals surface area contributed by atoms with Gasteiger partial charge in [0.2, 0.25) is 0 Å². The summed E-state index contributed by atoms with van der Waals surface area (Å²) >= 11 is 0. The first kappa shape index (κ1) is 14.3. The molecule has 0 saturated heterocycles. The topological polar surface area (TPSA) is 58.6 Å². The van der Waals surface area contributed by atoms with Crippen LogP contribution in [0.1, 0.15) is 31.9 Å². The van der Waals surface area contributed by atoms with Gasteiger partial charge in [-0.3, -0.25) is 0 Å². The maximum absolute atomic E-state index is 12.2. The molecule has 0 amide bonds. The highest BCUT2D eigenvalue weighted by Crippen LogP contribution is 2.32. The molecule has 0 fully saturated rings. The molecule has 1 heterocycles. The van der Waals surface area contributed by atoms with E-state index in [4.69, 9.17) is 4.74 Å². The van der Waals surface area contributed by atoms with Crippen molar-refractivity contribution in [2.75, 3.05) is 19.7 Å². The van der Waals surface area contributed by atoms with Gasteiger partial charge in [-0.25, -0.2) is 0 Å². The molecule has 0 aliphatic carbocycles. The minimum Gasteiger partial charge on any atom is -0.493 e. The lowest BCUT2D eigenvalue weighted by Gasteiger charge is -2.28. The number of hydrogen-bond donors (Lipinski definition) is 1. The number of nitrogens with zero attached hydrogens (tertiary/aromatic N) is 1. The van der Waals surface area contributed by atoms with Gasteiger partial charge in [0, 0.05) is 25.1 Å². The second-order valence-electron chi connectivity index (χ2n) is 4.43. The van der Waals surface area contributed by atoms with Crippen molar-refractivity contribution in [3.63, 3.8) is 0 Å². The maximum Gasteiger partial charge on any atom is 0.279 e. The van der Waals surface area contributed by atoms with E-state index in [0.29, 0.717) is 26.1 Å². The summed E-state index contributed by atoms with van der Waals surface area (Å²) in [6, 6.07) is 7.35. The van der Waals surface area contributed by atoms with Crippen LogP contribution < -0.4 is 9.46 Å². The fraction of sp³-hybridized carbons (Fsp3) is 0.538. The lowest BCUT2D eigenvalue weighted by Crippen LogP contribution is -2.43. The SMILES string of the molecule is CCN(CC)S(=O)(=O)N[C@H]1CCOc2ccccc21. The largest absolute Gasteiger partial charge is 0.493 e. The molecule has 5 nitrogen and oxygen atoms in total. The quantitative estimate of drug-likeness (QED) is 0.895. The molecule has 1 aromatic carbocycles. The van der Waals surface area contributed by atoms with Crippen LogP contribution in [0.4, 0.5) is 0 Å². The Balaban J connectivity index is 2.21. The van der Waals surface area contributed by atoms with Gasteiger partial charge in [-0.1, -0.05) is 32.0 Å². The summed E-state index contributed by atoms with van der Waals surface area (Å²) in [6.45, 7) is 5.14. The Hall–Kier alpha value is -1.11. The number of nitrogens with one attached hydrogen (secondary N) is 1. The average molecular weight is 284 g/mol. The molecule has 1 N–H and O–H groups in total. The highest BCUT2D eigenvalue weighted by atomic mass is 32.2. The molecule has 1 aliphatic rings. The van der Waals surface area contributed by atoms with Crippen molar-refractivity contribution in [1.29, 1.82) is 0 Å². The number of hydrogen-bond acceptors (Lipinski definition) is 3. The van der Waals surface area contributed by atoms with Crippen molar-refractivity contribution in [3.05, 3.63) is 29.8 Å². The standard InChI is InChI=1S/C13H20N2O3S/c1-3-15(4-2)19(16,17)14-12-9-10-18-13-8-6-5-7-11(12)13/h5-8,12,14H,3-4,9-10H2,1-2H3/t12-/m0/s1. The number of ether oxygens (including phenoxy) is 1. The number of para-hydroxylation sites is 1. The van der Waals surface area contributed by atoms with Gasteiger partial charge in [0.1, 0.15) is 5.75 Å². The third-order valence-electron chi connectivity index (χ3n) is 3.30. The second kappa shape index (κ2) is 5.90. The van der Waals surface area contributed by atoms with Gasteiger partial charge in [0.25, 0.3) is 10.2 Å². The van der Waals surface area contributed by atoms with Crippen LogP contribution in [0.5, 0.6) is 5.75 Å². The minimum absolute atomic E-state index is 0.212. The first-order chi connectivity index (χ1) is 9.08. The monoisotopic (exact) mass is 284 g/mol. The van der Waals surface area contributed by atoms with Crippen LogP contribution in [0.2, 0.25) is 0 Å². The summed E-state index contributed by atoms with van der Waals surface area (Å²) in [5.41, 5.74) is 0.907. The van der Waals surface area contributed by atoms with Crippen molar-refractivity contribution in [2.45, 2.75) is 26.3 Å². The van der Waals surface area contributed by atoms with Gasteiger partial charge in [-0.15, -0.1) is 0 Å². The lowest BCUT2D eigenvalue weighted by molar-refractivity contribution is 0.261. The molecule has 1 aliphatic heterocycles. The number of benzene rings is 1. The van der Waals surface area contributed by atoms with E-state index in [1.165, 1.54) is 4.31 Å². The van der Waals surface area contributed by atoms with E-state index < -0.39 is 10.2 Å². The van der Waals surface area contributed by atoms with Crippen LogP contribution in [0.3, 0.4) is 0 Å². The summed E-state index contributed by atoms with van der Waals surface area (Å²) in [6.07, 6.45) is 0.650. The zero-order chi connectivity index (χ0) is 13.9. The van der Waals surface area contributed by atoms with Crippen LogP contribution in [0.15, 0.2) is 24.3 Å². The van der Waals surface area contributed by atoms with Crippen molar-refractivity contribution >= 4 is 10.2 Å². The molecule has 0 saturated carbocycles. The minimum atomic E-state index is -3.44. The molecule has 0 radical (unpaired) electrons. The lowest BCUT2D eigenvalue weighted by atomic mass is 10.0. The Bertz CT molecular complexity index is 526. The fourth-order valence-corrected chi connectivity index (χ4v) is 3.72. The molecule has 0 aromatic heterocycles. The van der Waals surface area contributed by atoms with Crippen LogP contribution in [0.25, 0.3) is 0 Å². The molecule has 0 bridgehead atoms. The van der Waals surface area contributed by atoms with Crippen molar-refractivity contribution in [3.8, 4) is 5.75 Å². The second-order valence-corrected chi connectivity index (χ2v) is 6.14. The molecule has 2 rings (SSSR count). The molecule has 0 unspecified atom stereocenters. The molecular weight excluding hydrogens is 264 g/mol. The number of rotatable bonds is 5. The van der Waals surface area contributed by atoms with E-state index in [9.17, 15) is 8.42 Å². The Kier molecular flexibility index (Phi) is 4.44. The van der Waals surface area contributed by atoms with E-state index in [2.05, 4.69) is 4.72 Å². The van der Waals surface area contributed by atoms with Crippen molar-refractivity contribution < 1.29 is 13.2 Å². The first-order valence-corrected chi connectivity index (χ1v) is 8.01. The summed E-state index contributed by atoms with van der Waals surface area (Å²) in [7, 11) is -3.44. The summed E-state index contributed by atoms with van der Waals surface area (Å²) < 4.78 is 34.2. The predicted molar refractivity (Wildman–Crippen MR) is 74.3 cm³/mol. The van der Waals surface area contributed by atoms with E-state index in [1.807, 2.05) is 38.1 Å². The zero-order valence-electron chi connectivity index (χ0n) is 11.3. The smallest absolute Gasteiger partial charge is 0.279 e. The van der Waals surface area contributed by atoms with Crippen LogP contribution in [0, 0.1) is 0 Å². The van der Waals surface area contributed by atoms with E-state index in [-0.39, 0.29) is 6.04 Å². The maximum atomic E-state index is 12.2. The third kappa shape index (κ3) is 3.08. The Morgan fingerprint density at radius 1 is 1.32 bits per heavy atom. The molecule has 0 spiro atoms. The predicted octanol–water partition coefficient (Wildman–Crippen LogP) is 1.69. The van der Waals surface area contributed by atoms with Crippen molar-refractivity contribution in [2.24, 2.45) is 0 Å². The highest BCUT2D eigenvalue weighted by molar-refractivity contribution is 7.87. The molecule has 1 atom stereocenters. The Morgan fingerprint density at radius 3 is 2.68 bits per heavy atom. The van der Waals surface area contributed by atoms with E-state index in [1.54, 1.807) is 0 Å². The molecule has 106 valence electrons. The summed E-state index contributed by atoms with van der Waals surface area (Å²) in [4.78, 5) is 0. The Labute approximate surface area is 114 Å². The van der Waals surface area contributed by atoms with E-state index >= 15 is 0 Å². The molecule has 19 heavy (non-hydrogen) atoms. The summed E-state index contributed by atoms with van der Waals surface area (Å²) in [5, 5.41) is 0. The average Bonchev–Trinajstić information content (AvgIpc) is 2.40. The normalized spacial score (nSPS) is 19.0. The van der Waals surface area contributed by atoms with Crippen molar-refractivity contribution in [1.82, 2.24) is 9.03 Å². The van der Waals surface area contributed by atoms with Gasteiger partial charge in [-0.05, 0) is 6.07 Å². The van der Waals surface area contributed by atoms with Gasteiger partial charge < -0.3 is 4.74 Å². The van der Waals surface area contributed by atoms with Crippen LogP contribution in [-0.2, 0) is 10.2 Å². The summed E-state index contributed by atoms with van der Waals surface area (Å²) in [5.74, 6) is 0.765. The Morgan fingerprint density at radius 2 is 2.00 bits per heavy atom. The fourth-order valence-electron chi connectivity index (χ4n) is 2.28. The molecule has 6 heteroatoms. The van der Waals surface area contributed by atoms with Crippen LogP contribution >= 0.6 is 0 Å². The van der Waals surface area contributed by atoms with Crippen LogP contribution in [-0.4, -0.2) is 32.4 Å². The van der Waals surface area contributed by atoms with Gasteiger partial charge in [-0.2, -0.15) is 17.4 Å². The molecule has 1 aromatic rings. The van der Waals surface area contributed by atoms with E-state index in [0.717, 1.165) is 11.3 Å².